The van der Waals surface area contributed by atoms with E-state index in [1.165, 1.54) is 19.3 Å². The van der Waals surface area contributed by atoms with Crippen LogP contribution >= 0.6 is 0 Å². The lowest BCUT2D eigenvalue weighted by atomic mass is 9.69. The molecule has 0 unspecified atom stereocenters. The Morgan fingerprint density at radius 3 is 2.44 bits per heavy atom. The number of nitrogens with zero attached hydrogens (tertiary/aromatic N) is 1. The molecule has 0 spiro atoms. The molecule has 1 aliphatic heterocycles. The van der Waals surface area contributed by atoms with E-state index < -0.39 is 0 Å². The molecule has 0 aromatic heterocycles. The van der Waals surface area contributed by atoms with Crippen LogP contribution in [0.5, 0.6) is 0 Å². The Morgan fingerprint density at radius 2 is 1.81 bits per heavy atom. The minimum atomic E-state index is -0.203. The Morgan fingerprint density at radius 1 is 1.15 bits per heavy atom. The molecule has 1 atom stereocenters. The van der Waals surface area contributed by atoms with E-state index in [9.17, 15) is 9.59 Å². The van der Waals surface area contributed by atoms with Crippen molar-refractivity contribution in [3.63, 3.8) is 0 Å². The smallest absolute Gasteiger partial charge is 0.225 e. The molecule has 1 saturated carbocycles. The van der Waals surface area contributed by atoms with Crippen molar-refractivity contribution in [2.24, 2.45) is 17.3 Å². The van der Waals surface area contributed by atoms with E-state index in [-0.39, 0.29) is 23.8 Å². The third kappa shape index (κ3) is 4.91. The van der Waals surface area contributed by atoms with Crippen molar-refractivity contribution in [2.45, 2.75) is 71.9 Å². The number of hydrogen-bond donors (Lipinski definition) is 1. The Kier molecular flexibility index (Phi) is 6.23. The van der Waals surface area contributed by atoms with Crippen molar-refractivity contribution < 1.29 is 9.59 Å². The maximum Gasteiger partial charge on any atom is 0.225 e. The van der Waals surface area contributed by atoms with Crippen LogP contribution in [0.4, 0.5) is 0 Å². The summed E-state index contributed by atoms with van der Waals surface area (Å²) in [5.41, 5.74) is 1.51. The highest BCUT2D eigenvalue weighted by molar-refractivity contribution is 5.89. The summed E-state index contributed by atoms with van der Waals surface area (Å²) in [7, 11) is 0. The summed E-state index contributed by atoms with van der Waals surface area (Å²) in [6, 6.07) is 10.3. The summed E-state index contributed by atoms with van der Waals surface area (Å²) in [5, 5.41) is 3.24. The van der Waals surface area contributed by atoms with Gasteiger partial charge in [-0.2, -0.15) is 0 Å². The van der Waals surface area contributed by atoms with Gasteiger partial charge in [-0.1, -0.05) is 57.5 Å². The van der Waals surface area contributed by atoms with E-state index in [0.717, 1.165) is 24.3 Å². The van der Waals surface area contributed by atoms with Crippen molar-refractivity contribution >= 4 is 11.8 Å². The lowest BCUT2D eigenvalue weighted by molar-refractivity contribution is -0.129. The van der Waals surface area contributed by atoms with Gasteiger partial charge < -0.3 is 10.2 Å². The quantitative estimate of drug-likeness (QED) is 0.818. The number of benzene rings is 1. The second-order valence-electron chi connectivity index (χ2n) is 9.06. The molecule has 1 N–H and O–H groups in total. The zero-order valence-electron chi connectivity index (χ0n) is 17.0. The lowest BCUT2D eigenvalue weighted by Crippen LogP contribution is -2.43. The molecule has 3 rings (SSSR count). The fraction of sp³-hybridized carbons (Fsp3) is 0.652. The van der Waals surface area contributed by atoms with Gasteiger partial charge in [-0.3, -0.25) is 9.59 Å². The van der Waals surface area contributed by atoms with E-state index >= 15 is 0 Å². The molecule has 2 fully saturated rings. The van der Waals surface area contributed by atoms with Crippen molar-refractivity contribution in [2.75, 3.05) is 6.54 Å². The van der Waals surface area contributed by atoms with Gasteiger partial charge in [0, 0.05) is 25.6 Å². The molecular formula is C23H34N2O2. The molecule has 1 aliphatic carbocycles. The second-order valence-corrected chi connectivity index (χ2v) is 9.06. The molecule has 148 valence electrons. The summed E-state index contributed by atoms with van der Waals surface area (Å²) < 4.78 is 0. The average Bonchev–Trinajstić information content (AvgIpc) is 3.04. The molecule has 4 nitrogen and oxygen atoms in total. The summed E-state index contributed by atoms with van der Waals surface area (Å²) in [5.74, 6) is 0.709. The molecular weight excluding hydrogens is 336 g/mol. The first-order valence-corrected chi connectivity index (χ1v) is 10.5. The van der Waals surface area contributed by atoms with Crippen LogP contribution in [0.1, 0.15) is 64.9 Å². The molecule has 0 bridgehead atoms. The normalized spacial score (nSPS) is 26.3. The summed E-state index contributed by atoms with van der Waals surface area (Å²) in [4.78, 5) is 26.8. The molecule has 0 radical (unpaired) electrons. The zero-order valence-corrected chi connectivity index (χ0v) is 17.0. The average molecular weight is 371 g/mol. The molecule has 4 heteroatoms. The Labute approximate surface area is 163 Å². The zero-order chi connectivity index (χ0) is 19.4. The first kappa shape index (κ1) is 19.9. The van der Waals surface area contributed by atoms with E-state index in [0.29, 0.717) is 24.9 Å². The van der Waals surface area contributed by atoms with Crippen molar-refractivity contribution in [3.05, 3.63) is 35.9 Å². The SMILES string of the molecule is CCC(C)(C)C1CCC(NC(=O)[C@@H]2CC(=O)N(Cc3ccccc3)C2)CC1. The predicted octanol–water partition coefficient (Wildman–Crippen LogP) is 4.15. The molecule has 27 heavy (non-hydrogen) atoms. The van der Waals surface area contributed by atoms with Crippen LogP contribution in [-0.4, -0.2) is 29.3 Å². The molecule has 1 aromatic rings. The number of rotatable bonds is 6. The largest absolute Gasteiger partial charge is 0.353 e. The number of nitrogens with one attached hydrogen (secondary N) is 1. The van der Waals surface area contributed by atoms with Gasteiger partial charge in [0.05, 0.1) is 5.92 Å². The molecule has 1 aromatic carbocycles. The highest BCUT2D eigenvalue weighted by Crippen LogP contribution is 2.40. The molecule has 1 heterocycles. The van der Waals surface area contributed by atoms with Crippen molar-refractivity contribution in [1.82, 2.24) is 10.2 Å². The molecule has 2 aliphatic rings. The van der Waals surface area contributed by atoms with Crippen LogP contribution in [0.25, 0.3) is 0 Å². The van der Waals surface area contributed by atoms with E-state index in [2.05, 4.69) is 26.1 Å². The number of carbonyl (C=O) groups is 2. The van der Waals surface area contributed by atoms with Crippen LogP contribution in [0.2, 0.25) is 0 Å². The fourth-order valence-corrected chi connectivity index (χ4v) is 4.53. The van der Waals surface area contributed by atoms with Gasteiger partial charge in [0.25, 0.3) is 0 Å². The minimum Gasteiger partial charge on any atom is -0.353 e. The van der Waals surface area contributed by atoms with Crippen molar-refractivity contribution in [3.8, 4) is 0 Å². The van der Waals surface area contributed by atoms with Crippen LogP contribution in [0.15, 0.2) is 30.3 Å². The maximum atomic E-state index is 12.7. The maximum absolute atomic E-state index is 12.7. The van der Waals surface area contributed by atoms with Crippen LogP contribution in [-0.2, 0) is 16.1 Å². The van der Waals surface area contributed by atoms with Gasteiger partial charge in [0.1, 0.15) is 0 Å². The van der Waals surface area contributed by atoms with Gasteiger partial charge >= 0.3 is 0 Å². The standard InChI is InChI=1S/C23H34N2O2/c1-4-23(2,3)19-10-12-20(13-11-19)24-22(27)18-14-21(26)25(16-18)15-17-8-6-5-7-9-17/h5-9,18-20H,4,10-16H2,1-3H3,(H,24,27)/t18-,19?,20?/m1/s1. The highest BCUT2D eigenvalue weighted by Gasteiger charge is 2.36. The number of likely N-dealkylation sites (tertiary alicyclic amines) is 1. The number of carbonyl (C=O) groups excluding carboxylic acids is 2. The Balaban J connectivity index is 1.47. The van der Waals surface area contributed by atoms with E-state index in [1.54, 1.807) is 0 Å². The fourth-order valence-electron chi connectivity index (χ4n) is 4.53. The Hall–Kier alpha value is -1.84. The molecule has 1 saturated heterocycles. The van der Waals surface area contributed by atoms with E-state index in [1.807, 2.05) is 35.2 Å². The number of hydrogen-bond acceptors (Lipinski definition) is 2. The topological polar surface area (TPSA) is 49.4 Å². The van der Waals surface area contributed by atoms with Crippen LogP contribution in [0, 0.1) is 17.3 Å². The van der Waals surface area contributed by atoms with Crippen molar-refractivity contribution in [1.29, 1.82) is 0 Å². The van der Waals surface area contributed by atoms with Gasteiger partial charge in [-0.15, -0.1) is 0 Å². The monoisotopic (exact) mass is 370 g/mol. The minimum absolute atomic E-state index is 0.0668. The van der Waals surface area contributed by atoms with Gasteiger partial charge in [0.2, 0.25) is 11.8 Å². The first-order chi connectivity index (χ1) is 12.9. The summed E-state index contributed by atoms with van der Waals surface area (Å²) in [6.45, 7) is 8.13. The lowest BCUT2D eigenvalue weighted by Gasteiger charge is -2.39. The first-order valence-electron chi connectivity index (χ1n) is 10.5. The molecule has 2 amide bonds. The van der Waals surface area contributed by atoms with Crippen LogP contribution in [0.3, 0.4) is 0 Å². The summed E-state index contributed by atoms with van der Waals surface area (Å²) in [6.07, 6.45) is 6.06. The third-order valence-electron chi connectivity index (χ3n) is 6.89. The third-order valence-corrected chi connectivity index (χ3v) is 6.89. The number of amides is 2. The van der Waals surface area contributed by atoms with Gasteiger partial charge in [0.15, 0.2) is 0 Å². The van der Waals surface area contributed by atoms with Gasteiger partial charge in [-0.25, -0.2) is 0 Å². The predicted molar refractivity (Wildman–Crippen MR) is 108 cm³/mol. The second kappa shape index (κ2) is 8.45. The van der Waals surface area contributed by atoms with Crippen LogP contribution < -0.4 is 5.32 Å². The summed E-state index contributed by atoms with van der Waals surface area (Å²) >= 11 is 0. The van der Waals surface area contributed by atoms with E-state index in [4.69, 9.17) is 0 Å². The highest BCUT2D eigenvalue weighted by atomic mass is 16.2. The van der Waals surface area contributed by atoms with Gasteiger partial charge in [-0.05, 0) is 42.6 Å². The Bertz CT molecular complexity index is 648.